The number of nitrogens with zero attached hydrogens (tertiary/aromatic N) is 5. The molecule has 2 N–H and O–H groups in total. The average Bonchev–Trinajstić information content (AvgIpc) is 2.92. The van der Waals surface area contributed by atoms with Gasteiger partial charge in [0.25, 0.3) is 0 Å². The van der Waals surface area contributed by atoms with E-state index in [9.17, 15) is 0 Å². The van der Waals surface area contributed by atoms with Crippen LogP contribution in [0.1, 0.15) is 22.8 Å². The SMILES string of the molecule is Cc1nc(N)c2c(C)c(C)n(CCc3ccnn3C)c2n1. The van der Waals surface area contributed by atoms with Gasteiger partial charge in [-0.15, -0.1) is 0 Å². The van der Waals surface area contributed by atoms with E-state index in [2.05, 4.69) is 33.5 Å². The van der Waals surface area contributed by atoms with Crippen molar-refractivity contribution in [1.82, 2.24) is 24.3 Å². The van der Waals surface area contributed by atoms with Gasteiger partial charge in [-0.25, -0.2) is 9.97 Å². The summed E-state index contributed by atoms with van der Waals surface area (Å²) in [5.41, 5.74) is 10.6. The third kappa shape index (κ3) is 2.16. The summed E-state index contributed by atoms with van der Waals surface area (Å²) in [6.45, 7) is 6.91. The van der Waals surface area contributed by atoms with Gasteiger partial charge in [-0.3, -0.25) is 4.68 Å². The minimum atomic E-state index is 0.567. The fourth-order valence-corrected chi connectivity index (χ4v) is 2.82. The number of nitrogen functional groups attached to an aromatic ring is 1. The maximum absolute atomic E-state index is 6.08. The van der Waals surface area contributed by atoms with Crippen molar-refractivity contribution in [3.8, 4) is 0 Å². The lowest BCUT2D eigenvalue weighted by Gasteiger charge is -2.08. The minimum Gasteiger partial charge on any atom is -0.383 e. The van der Waals surface area contributed by atoms with Crippen molar-refractivity contribution in [2.24, 2.45) is 7.05 Å². The molecular formula is C15H20N6. The molecule has 0 saturated carbocycles. The molecule has 0 bridgehead atoms. The molecule has 110 valence electrons. The van der Waals surface area contributed by atoms with Gasteiger partial charge in [-0.1, -0.05) is 0 Å². The van der Waals surface area contributed by atoms with Gasteiger partial charge in [0.1, 0.15) is 17.3 Å². The fraction of sp³-hybridized carbons (Fsp3) is 0.400. The monoisotopic (exact) mass is 284 g/mol. The van der Waals surface area contributed by atoms with Crippen LogP contribution in [-0.2, 0) is 20.0 Å². The van der Waals surface area contributed by atoms with Gasteiger partial charge in [-0.05, 0) is 32.4 Å². The zero-order chi connectivity index (χ0) is 15.1. The molecule has 0 aliphatic heterocycles. The molecule has 6 nitrogen and oxygen atoms in total. The second-order valence-electron chi connectivity index (χ2n) is 5.41. The number of fused-ring (bicyclic) bond motifs is 1. The lowest BCUT2D eigenvalue weighted by atomic mass is 10.2. The molecule has 0 aromatic carbocycles. The maximum atomic E-state index is 6.08. The van der Waals surface area contributed by atoms with E-state index in [1.54, 1.807) is 0 Å². The van der Waals surface area contributed by atoms with E-state index < -0.39 is 0 Å². The molecular weight excluding hydrogens is 264 g/mol. The van der Waals surface area contributed by atoms with Crippen LogP contribution < -0.4 is 5.73 Å². The summed E-state index contributed by atoms with van der Waals surface area (Å²) in [7, 11) is 1.96. The second-order valence-corrected chi connectivity index (χ2v) is 5.41. The van der Waals surface area contributed by atoms with E-state index in [1.165, 1.54) is 11.4 Å². The first kappa shape index (κ1) is 13.6. The largest absolute Gasteiger partial charge is 0.383 e. The number of nitrogens with two attached hydrogens (primary N) is 1. The van der Waals surface area contributed by atoms with Crippen LogP contribution in [0.25, 0.3) is 11.0 Å². The number of aromatic nitrogens is 5. The molecule has 0 aliphatic carbocycles. The second kappa shape index (κ2) is 4.87. The highest BCUT2D eigenvalue weighted by Crippen LogP contribution is 2.27. The molecule has 0 spiro atoms. The highest BCUT2D eigenvalue weighted by Gasteiger charge is 2.16. The van der Waals surface area contributed by atoms with Crippen molar-refractivity contribution >= 4 is 16.9 Å². The predicted octanol–water partition coefficient (Wildman–Crippen LogP) is 1.91. The van der Waals surface area contributed by atoms with E-state index in [-0.39, 0.29) is 0 Å². The van der Waals surface area contributed by atoms with Gasteiger partial charge in [0.15, 0.2) is 0 Å². The average molecular weight is 284 g/mol. The standard InChI is InChI=1S/C15H20N6/c1-9-10(2)21(8-6-12-5-7-17-20(12)4)15-13(9)14(16)18-11(3)19-15/h5,7H,6,8H2,1-4H3,(H2,16,18,19). The quantitative estimate of drug-likeness (QED) is 0.797. The highest BCUT2D eigenvalue weighted by atomic mass is 15.3. The van der Waals surface area contributed by atoms with Gasteiger partial charge in [0, 0.05) is 37.6 Å². The van der Waals surface area contributed by atoms with E-state index in [0.717, 1.165) is 29.6 Å². The number of aryl methyl sites for hydroxylation is 5. The summed E-state index contributed by atoms with van der Waals surface area (Å²) in [5.74, 6) is 1.27. The van der Waals surface area contributed by atoms with Crippen molar-refractivity contribution in [3.63, 3.8) is 0 Å². The fourth-order valence-electron chi connectivity index (χ4n) is 2.82. The molecule has 0 unspecified atom stereocenters. The van der Waals surface area contributed by atoms with Crippen LogP contribution in [-0.4, -0.2) is 24.3 Å². The third-order valence-electron chi connectivity index (χ3n) is 4.12. The Balaban J connectivity index is 2.06. The number of rotatable bonds is 3. The lowest BCUT2D eigenvalue weighted by Crippen LogP contribution is -2.08. The molecule has 0 radical (unpaired) electrons. The Morgan fingerprint density at radius 1 is 1.19 bits per heavy atom. The summed E-state index contributed by atoms with van der Waals surface area (Å²) >= 11 is 0. The summed E-state index contributed by atoms with van der Waals surface area (Å²) in [4.78, 5) is 8.87. The molecule has 0 aliphatic rings. The smallest absolute Gasteiger partial charge is 0.146 e. The Morgan fingerprint density at radius 3 is 2.62 bits per heavy atom. The van der Waals surface area contributed by atoms with E-state index in [4.69, 9.17) is 5.73 Å². The molecule has 3 heterocycles. The van der Waals surface area contributed by atoms with Gasteiger partial charge in [0.05, 0.1) is 5.39 Å². The van der Waals surface area contributed by atoms with Crippen LogP contribution in [0.3, 0.4) is 0 Å². The molecule has 6 heteroatoms. The Kier molecular flexibility index (Phi) is 3.16. The molecule has 3 aromatic rings. The number of anilines is 1. The molecule has 0 saturated heterocycles. The topological polar surface area (TPSA) is 74.5 Å². The van der Waals surface area contributed by atoms with Crippen LogP contribution in [0, 0.1) is 20.8 Å². The van der Waals surface area contributed by atoms with Crippen LogP contribution in [0.4, 0.5) is 5.82 Å². The van der Waals surface area contributed by atoms with Gasteiger partial charge >= 0.3 is 0 Å². The number of hydrogen-bond acceptors (Lipinski definition) is 4. The van der Waals surface area contributed by atoms with Crippen LogP contribution in [0.5, 0.6) is 0 Å². The Morgan fingerprint density at radius 2 is 1.95 bits per heavy atom. The zero-order valence-electron chi connectivity index (χ0n) is 12.9. The summed E-state index contributed by atoms with van der Waals surface area (Å²) in [6.07, 6.45) is 2.73. The summed E-state index contributed by atoms with van der Waals surface area (Å²) in [5, 5.41) is 5.18. The van der Waals surface area contributed by atoms with Crippen LogP contribution in [0.2, 0.25) is 0 Å². The molecule has 3 rings (SSSR count). The minimum absolute atomic E-state index is 0.567. The Labute approximate surface area is 123 Å². The Hall–Kier alpha value is -2.37. The highest BCUT2D eigenvalue weighted by molar-refractivity contribution is 5.91. The first-order valence-electron chi connectivity index (χ1n) is 7.05. The third-order valence-corrected chi connectivity index (χ3v) is 4.12. The predicted molar refractivity (Wildman–Crippen MR) is 83.1 cm³/mol. The van der Waals surface area contributed by atoms with Gasteiger partial charge in [0.2, 0.25) is 0 Å². The summed E-state index contributed by atoms with van der Waals surface area (Å²) in [6, 6.07) is 2.04. The van der Waals surface area contributed by atoms with Crippen molar-refractivity contribution in [2.45, 2.75) is 33.7 Å². The van der Waals surface area contributed by atoms with Crippen LogP contribution >= 0.6 is 0 Å². The number of hydrogen-bond donors (Lipinski definition) is 1. The van der Waals surface area contributed by atoms with Crippen molar-refractivity contribution in [1.29, 1.82) is 0 Å². The van der Waals surface area contributed by atoms with E-state index >= 15 is 0 Å². The normalized spacial score (nSPS) is 11.4. The first-order valence-corrected chi connectivity index (χ1v) is 7.05. The van der Waals surface area contributed by atoms with Crippen LogP contribution in [0.15, 0.2) is 12.3 Å². The lowest BCUT2D eigenvalue weighted by molar-refractivity contribution is 0.636. The molecule has 0 amide bonds. The molecule has 3 aromatic heterocycles. The summed E-state index contributed by atoms with van der Waals surface area (Å²) < 4.78 is 4.13. The van der Waals surface area contributed by atoms with Crippen molar-refractivity contribution in [3.05, 3.63) is 35.0 Å². The molecule has 0 fully saturated rings. The van der Waals surface area contributed by atoms with E-state index in [1.807, 2.05) is 30.9 Å². The van der Waals surface area contributed by atoms with Crippen molar-refractivity contribution < 1.29 is 0 Å². The van der Waals surface area contributed by atoms with E-state index in [0.29, 0.717) is 11.6 Å². The van der Waals surface area contributed by atoms with Gasteiger partial charge < -0.3 is 10.3 Å². The zero-order valence-corrected chi connectivity index (χ0v) is 12.9. The Bertz CT molecular complexity index is 811. The van der Waals surface area contributed by atoms with Gasteiger partial charge in [-0.2, -0.15) is 5.10 Å². The maximum Gasteiger partial charge on any atom is 0.146 e. The van der Waals surface area contributed by atoms with Crippen molar-refractivity contribution in [2.75, 3.05) is 5.73 Å². The first-order chi connectivity index (χ1) is 9.99. The molecule has 0 atom stereocenters. The molecule has 21 heavy (non-hydrogen) atoms.